The minimum Gasteiger partial charge on any atom is -0.340 e. The van der Waals surface area contributed by atoms with E-state index in [2.05, 4.69) is 63.1 Å². The average Bonchev–Trinajstić information content (AvgIpc) is 2.63. The van der Waals surface area contributed by atoms with Crippen LogP contribution in [0.1, 0.15) is 24.6 Å². The van der Waals surface area contributed by atoms with Gasteiger partial charge in [0.25, 0.3) is 5.56 Å². The fraction of sp³-hybridized carbons (Fsp3) is 0.400. The Bertz CT molecular complexity index is 746. The Labute approximate surface area is 149 Å². The molecule has 3 rings (SSSR count). The molecule has 5 heteroatoms. The van der Waals surface area contributed by atoms with Gasteiger partial charge in [-0.2, -0.15) is 0 Å². The van der Waals surface area contributed by atoms with Crippen LogP contribution in [0.5, 0.6) is 0 Å². The van der Waals surface area contributed by atoms with E-state index in [1.165, 1.54) is 5.56 Å². The van der Waals surface area contributed by atoms with Crippen LogP contribution in [0.25, 0.3) is 6.08 Å². The first-order valence-corrected chi connectivity index (χ1v) is 9.04. The molecule has 0 atom stereocenters. The van der Waals surface area contributed by atoms with Gasteiger partial charge in [0.05, 0.1) is 0 Å². The fourth-order valence-electron chi connectivity index (χ4n) is 3.07. The summed E-state index contributed by atoms with van der Waals surface area (Å²) in [5.41, 5.74) is 2.06. The monoisotopic (exact) mass is 338 g/mol. The Morgan fingerprint density at radius 1 is 1.16 bits per heavy atom. The number of benzene rings is 1. The quantitative estimate of drug-likeness (QED) is 0.879. The van der Waals surface area contributed by atoms with Crippen molar-refractivity contribution in [1.29, 1.82) is 0 Å². The van der Waals surface area contributed by atoms with Crippen LogP contribution in [0.3, 0.4) is 0 Å². The normalized spacial score (nSPS) is 15.8. The lowest BCUT2D eigenvalue weighted by Crippen LogP contribution is -2.47. The van der Waals surface area contributed by atoms with Crippen molar-refractivity contribution in [3.8, 4) is 0 Å². The number of aryl methyl sites for hydroxylation is 1. The van der Waals surface area contributed by atoms with Crippen LogP contribution < -0.4 is 10.5 Å². The molecule has 5 nitrogen and oxygen atoms in total. The molecule has 2 heterocycles. The molecule has 0 unspecified atom stereocenters. The number of hydrogen-bond acceptors (Lipinski definition) is 4. The lowest BCUT2D eigenvalue weighted by atomic mass is 10.2. The van der Waals surface area contributed by atoms with Gasteiger partial charge >= 0.3 is 0 Å². The molecule has 1 N–H and O–H groups in total. The van der Waals surface area contributed by atoms with E-state index in [4.69, 9.17) is 0 Å². The van der Waals surface area contributed by atoms with Crippen molar-refractivity contribution in [1.82, 2.24) is 14.9 Å². The van der Waals surface area contributed by atoms with Crippen LogP contribution >= 0.6 is 0 Å². The van der Waals surface area contributed by atoms with E-state index in [1.54, 1.807) is 6.07 Å². The Kier molecular flexibility index (Phi) is 6.01. The summed E-state index contributed by atoms with van der Waals surface area (Å²) in [6.07, 6.45) is 6.23. The highest BCUT2D eigenvalue weighted by Gasteiger charge is 2.18. The van der Waals surface area contributed by atoms with Gasteiger partial charge in [0, 0.05) is 44.5 Å². The summed E-state index contributed by atoms with van der Waals surface area (Å²) in [4.78, 5) is 23.9. The maximum absolute atomic E-state index is 11.8. The molecular formula is C20H26N4O. The van der Waals surface area contributed by atoms with E-state index >= 15 is 0 Å². The van der Waals surface area contributed by atoms with Crippen molar-refractivity contribution in [2.75, 3.05) is 37.6 Å². The molecule has 1 fully saturated rings. The van der Waals surface area contributed by atoms with Crippen molar-refractivity contribution in [2.45, 2.75) is 19.8 Å². The molecule has 1 aliphatic heterocycles. The molecular weight excluding hydrogens is 312 g/mol. The molecule has 1 aliphatic rings. The van der Waals surface area contributed by atoms with E-state index in [0.29, 0.717) is 0 Å². The van der Waals surface area contributed by atoms with Gasteiger partial charge in [0.15, 0.2) is 0 Å². The van der Waals surface area contributed by atoms with E-state index < -0.39 is 0 Å². The Morgan fingerprint density at radius 3 is 2.64 bits per heavy atom. The van der Waals surface area contributed by atoms with E-state index in [-0.39, 0.29) is 5.56 Å². The highest BCUT2D eigenvalue weighted by atomic mass is 16.1. The number of hydrogen-bond donors (Lipinski definition) is 1. The van der Waals surface area contributed by atoms with E-state index in [0.717, 1.165) is 57.2 Å². The first-order chi connectivity index (χ1) is 12.2. The Hall–Kier alpha value is -2.40. The molecule has 1 aromatic carbocycles. The van der Waals surface area contributed by atoms with Gasteiger partial charge in [-0.3, -0.25) is 14.7 Å². The zero-order valence-corrected chi connectivity index (χ0v) is 14.8. The topological polar surface area (TPSA) is 52.2 Å². The molecule has 0 bridgehead atoms. The standard InChI is InChI=1S/C20H26N4O/c1-2-7-18-16-19(25)22-20(21-18)24-14-12-23(13-15-24)11-6-10-17-8-4-3-5-9-17/h3-6,8-10,16H,2,7,11-15H2,1H3,(H,21,22,25)/b10-6+. The maximum atomic E-state index is 11.8. The van der Waals surface area contributed by atoms with Crippen molar-refractivity contribution < 1.29 is 0 Å². The summed E-state index contributed by atoms with van der Waals surface area (Å²) >= 11 is 0. The maximum Gasteiger partial charge on any atom is 0.252 e. The van der Waals surface area contributed by atoms with Crippen molar-refractivity contribution in [3.63, 3.8) is 0 Å². The number of nitrogens with zero attached hydrogens (tertiary/aromatic N) is 3. The average molecular weight is 338 g/mol. The molecule has 0 spiro atoms. The number of aromatic amines is 1. The largest absolute Gasteiger partial charge is 0.340 e. The fourth-order valence-corrected chi connectivity index (χ4v) is 3.07. The molecule has 0 radical (unpaired) electrons. The summed E-state index contributed by atoms with van der Waals surface area (Å²) in [6.45, 7) is 6.77. The molecule has 2 aromatic rings. The third-order valence-electron chi connectivity index (χ3n) is 4.43. The second kappa shape index (κ2) is 8.62. The number of anilines is 1. The minimum absolute atomic E-state index is 0.0540. The van der Waals surface area contributed by atoms with Gasteiger partial charge in [-0.25, -0.2) is 4.98 Å². The molecule has 1 aromatic heterocycles. The highest BCUT2D eigenvalue weighted by molar-refractivity contribution is 5.48. The molecule has 0 saturated carbocycles. The van der Waals surface area contributed by atoms with Crippen LogP contribution in [0, 0.1) is 0 Å². The first-order valence-electron chi connectivity index (χ1n) is 9.04. The number of rotatable bonds is 6. The third-order valence-corrected chi connectivity index (χ3v) is 4.43. The number of piperazine rings is 1. The lowest BCUT2D eigenvalue weighted by Gasteiger charge is -2.34. The SMILES string of the molecule is CCCc1cc(=O)[nH]c(N2CCN(C/C=C/c3ccccc3)CC2)n1. The molecule has 0 amide bonds. The summed E-state index contributed by atoms with van der Waals surface area (Å²) in [5.74, 6) is 0.718. The highest BCUT2D eigenvalue weighted by Crippen LogP contribution is 2.11. The van der Waals surface area contributed by atoms with Gasteiger partial charge in [-0.15, -0.1) is 0 Å². The van der Waals surface area contributed by atoms with Gasteiger partial charge < -0.3 is 4.90 Å². The van der Waals surface area contributed by atoms with Crippen LogP contribution in [0.4, 0.5) is 5.95 Å². The Balaban J connectivity index is 1.53. The zero-order chi connectivity index (χ0) is 17.5. The van der Waals surface area contributed by atoms with Crippen molar-refractivity contribution in [3.05, 3.63) is 64.1 Å². The third kappa shape index (κ3) is 5.03. The van der Waals surface area contributed by atoms with Crippen molar-refractivity contribution in [2.24, 2.45) is 0 Å². The van der Waals surface area contributed by atoms with Gasteiger partial charge in [-0.1, -0.05) is 55.8 Å². The second-order valence-electron chi connectivity index (χ2n) is 6.41. The zero-order valence-electron chi connectivity index (χ0n) is 14.8. The second-order valence-corrected chi connectivity index (χ2v) is 6.41. The smallest absolute Gasteiger partial charge is 0.252 e. The van der Waals surface area contributed by atoms with Crippen LogP contribution in [0.15, 0.2) is 47.3 Å². The predicted octanol–water partition coefficient (Wildman–Crippen LogP) is 2.56. The number of aromatic nitrogens is 2. The van der Waals surface area contributed by atoms with E-state index in [1.807, 2.05) is 6.07 Å². The minimum atomic E-state index is -0.0540. The van der Waals surface area contributed by atoms with Gasteiger partial charge in [-0.05, 0) is 12.0 Å². The molecule has 1 saturated heterocycles. The summed E-state index contributed by atoms with van der Waals surface area (Å²) < 4.78 is 0. The van der Waals surface area contributed by atoms with Crippen LogP contribution in [-0.4, -0.2) is 47.6 Å². The van der Waals surface area contributed by atoms with Crippen molar-refractivity contribution >= 4 is 12.0 Å². The predicted molar refractivity (Wildman–Crippen MR) is 103 cm³/mol. The summed E-state index contributed by atoms with van der Waals surface area (Å²) in [5, 5.41) is 0. The van der Waals surface area contributed by atoms with Crippen LogP contribution in [-0.2, 0) is 6.42 Å². The summed E-state index contributed by atoms with van der Waals surface area (Å²) in [7, 11) is 0. The number of nitrogens with one attached hydrogen (secondary N) is 1. The molecule has 0 aliphatic carbocycles. The molecule has 132 valence electrons. The lowest BCUT2D eigenvalue weighted by molar-refractivity contribution is 0.283. The molecule has 25 heavy (non-hydrogen) atoms. The first kappa shape index (κ1) is 17.4. The van der Waals surface area contributed by atoms with Crippen LogP contribution in [0.2, 0.25) is 0 Å². The van der Waals surface area contributed by atoms with Gasteiger partial charge in [0.1, 0.15) is 0 Å². The Morgan fingerprint density at radius 2 is 1.92 bits per heavy atom. The number of H-pyrrole nitrogens is 1. The summed E-state index contributed by atoms with van der Waals surface area (Å²) in [6, 6.07) is 12.0. The van der Waals surface area contributed by atoms with Gasteiger partial charge in [0.2, 0.25) is 5.95 Å². The van der Waals surface area contributed by atoms with E-state index in [9.17, 15) is 4.79 Å².